The number of hydrogen-bond acceptors (Lipinski definition) is 2. The Bertz CT molecular complexity index is 542. The minimum atomic E-state index is -0.711. The fourth-order valence-electron chi connectivity index (χ4n) is 2.52. The van der Waals surface area contributed by atoms with Crippen LogP contribution in [0.4, 0.5) is 8.78 Å². The first kappa shape index (κ1) is 15.4. The van der Waals surface area contributed by atoms with E-state index in [1.54, 1.807) is 6.92 Å². The Morgan fingerprint density at radius 3 is 2.43 bits per heavy atom. The zero-order chi connectivity index (χ0) is 15.6. The number of nitrogens with zero attached hydrogens (tertiary/aromatic N) is 1. The van der Waals surface area contributed by atoms with Crippen molar-refractivity contribution in [3.63, 3.8) is 0 Å². The number of amides is 2. The van der Waals surface area contributed by atoms with Crippen LogP contribution in [0.2, 0.25) is 0 Å². The minimum absolute atomic E-state index is 0.186. The lowest BCUT2D eigenvalue weighted by Gasteiger charge is -2.38. The maximum absolute atomic E-state index is 13.8. The van der Waals surface area contributed by atoms with Crippen molar-refractivity contribution in [2.45, 2.75) is 45.3 Å². The highest BCUT2D eigenvalue weighted by atomic mass is 19.1. The van der Waals surface area contributed by atoms with Gasteiger partial charge in [0.2, 0.25) is 11.8 Å². The molecule has 1 heterocycles. The van der Waals surface area contributed by atoms with Crippen LogP contribution in [0.15, 0.2) is 18.2 Å². The normalized spacial score (nSPS) is 22.4. The van der Waals surface area contributed by atoms with E-state index in [9.17, 15) is 18.4 Å². The van der Waals surface area contributed by atoms with Gasteiger partial charge >= 0.3 is 0 Å². The van der Waals surface area contributed by atoms with E-state index in [-0.39, 0.29) is 23.9 Å². The lowest BCUT2D eigenvalue weighted by Crippen LogP contribution is -2.62. The molecule has 0 bridgehead atoms. The maximum Gasteiger partial charge on any atom is 0.245 e. The molecule has 2 amide bonds. The van der Waals surface area contributed by atoms with Crippen molar-refractivity contribution in [2.75, 3.05) is 0 Å². The zero-order valence-corrected chi connectivity index (χ0v) is 12.0. The van der Waals surface area contributed by atoms with Crippen LogP contribution in [0.1, 0.15) is 32.3 Å². The highest BCUT2D eigenvalue weighted by molar-refractivity contribution is 5.96. The van der Waals surface area contributed by atoms with Gasteiger partial charge in [-0.15, -0.1) is 0 Å². The monoisotopic (exact) mass is 296 g/mol. The minimum Gasteiger partial charge on any atom is -0.343 e. The topological polar surface area (TPSA) is 49.4 Å². The number of carbonyl (C=O) groups excluding carboxylic acids is 2. The maximum atomic E-state index is 13.8. The van der Waals surface area contributed by atoms with Gasteiger partial charge in [0.25, 0.3) is 0 Å². The van der Waals surface area contributed by atoms with Crippen LogP contribution in [0.5, 0.6) is 0 Å². The third-order valence-corrected chi connectivity index (χ3v) is 3.64. The van der Waals surface area contributed by atoms with Crippen molar-refractivity contribution >= 4 is 11.8 Å². The number of halogens is 2. The van der Waals surface area contributed by atoms with Crippen molar-refractivity contribution in [3.8, 4) is 0 Å². The Morgan fingerprint density at radius 1 is 1.24 bits per heavy atom. The van der Waals surface area contributed by atoms with E-state index < -0.39 is 23.7 Å². The molecule has 1 saturated heterocycles. The number of carbonyl (C=O) groups is 2. The molecule has 2 unspecified atom stereocenters. The first-order chi connectivity index (χ1) is 9.95. The molecule has 1 aromatic carbocycles. The summed E-state index contributed by atoms with van der Waals surface area (Å²) in [6.07, 6.45) is 1.15. The second-order valence-corrected chi connectivity index (χ2v) is 5.20. The summed E-state index contributed by atoms with van der Waals surface area (Å²) in [5.74, 6) is -2.02. The molecule has 114 valence electrons. The molecular weight excluding hydrogens is 278 g/mol. The Labute approximate surface area is 122 Å². The Hall–Kier alpha value is -1.98. The Balaban J connectivity index is 2.32. The number of hydrogen-bond donors (Lipinski definition) is 1. The summed E-state index contributed by atoms with van der Waals surface area (Å²) in [6.45, 7) is 3.21. The average Bonchev–Trinajstić information content (AvgIpc) is 2.43. The molecule has 2 rings (SSSR count). The van der Waals surface area contributed by atoms with Crippen molar-refractivity contribution < 1.29 is 18.4 Å². The molecule has 2 atom stereocenters. The van der Waals surface area contributed by atoms with Gasteiger partial charge in [0.15, 0.2) is 0 Å². The van der Waals surface area contributed by atoms with Gasteiger partial charge in [-0.05, 0) is 25.5 Å². The van der Waals surface area contributed by atoms with Crippen molar-refractivity contribution in [3.05, 3.63) is 35.4 Å². The summed E-state index contributed by atoms with van der Waals surface area (Å²) in [7, 11) is 0. The van der Waals surface area contributed by atoms with Gasteiger partial charge in [-0.3, -0.25) is 9.59 Å². The van der Waals surface area contributed by atoms with E-state index in [0.717, 1.165) is 12.1 Å². The molecule has 6 heteroatoms. The number of piperazine rings is 1. The molecule has 1 N–H and O–H groups in total. The molecule has 1 aromatic rings. The molecule has 21 heavy (non-hydrogen) atoms. The first-order valence-electron chi connectivity index (χ1n) is 6.99. The van der Waals surface area contributed by atoms with E-state index in [0.29, 0.717) is 12.8 Å². The number of rotatable bonds is 4. The van der Waals surface area contributed by atoms with Crippen molar-refractivity contribution in [2.24, 2.45) is 0 Å². The van der Waals surface area contributed by atoms with E-state index >= 15 is 0 Å². The second-order valence-electron chi connectivity index (χ2n) is 5.20. The summed E-state index contributed by atoms with van der Waals surface area (Å²) in [5.41, 5.74) is -0.186. The van der Waals surface area contributed by atoms with Crippen LogP contribution in [0.3, 0.4) is 0 Å². The SMILES string of the molecule is CCCC1C(=O)NC(C)C(=O)N1Cc1c(F)cccc1F. The zero-order valence-electron chi connectivity index (χ0n) is 12.0. The highest BCUT2D eigenvalue weighted by Crippen LogP contribution is 2.21. The van der Waals surface area contributed by atoms with Gasteiger partial charge < -0.3 is 10.2 Å². The largest absolute Gasteiger partial charge is 0.343 e. The van der Waals surface area contributed by atoms with E-state index in [2.05, 4.69) is 5.32 Å². The second kappa shape index (κ2) is 6.20. The molecular formula is C15H18F2N2O2. The third-order valence-electron chi connectivity index (χ3n) is 3.64. The van der Waals surface area contributed by atoms with Gasteiger partial charge in [0, 0.05) is 5.56 Å². The quantitative estimate of drug-likeness (QED) is 0.923. The van der Waals surface area contributed by atoms with Crippen LogP contribution in [0.25, 0.3) is 0 Å². The fourth-order valence-corrected chi connectivity index (χ4v) is 2.52. The molecule has 1 aliphatic rings. The standard InChI is InChI=1S/C15H18F2N2O2/c1-3-5-13-14(20)18-9(2)15(21)19(13)8-10-11(16)6-4-7-12(10)17/h4,6-7,9,13H,3,5,8H2,1-2H3,(H,18,20). The van der Waals surface area contributed by atoms with Crippen LogP contribution in [0, 0.1) is 11.6 Å². The van der Waals surface area contributed by atoms with E-state index in [4.69, 9.17) is 0 Å². The van der Waals surface area contributed by atoms with Crippen LogP contribution in [-0.2, 0) is 16.1 Å². The van der Waals surface area contributed by atoms with Crippen molar-refractivity contribution in [1.82, 2.24) is 10.2 Å². The fraction of sp³-hybridized carbons (Fsp3) is 0.467. The predicted molar refractivity (Wildman–Crippen MR) is 73.2 cm³/mol. The Morgan fingerprint density at radius 2 is 1.86 bits per heavy atom. The van der Waals surface area contributed by atoms with Gasteiger partial charge in [-0.25, -0.2) is 8.78 Å². The van der Waals surface area contributed by atoms with Gasteiger partial charge in [0.05, 0.1) is 6.54 Å². The molecule has 0 saturated carbocycles. The van der Waals surface area contributed by atoms with Crippen LogP contribution in [-0.4, -0.2) is 28.8 Å². The molecule has 0 spiro atoms. The Kier molecular flexibility index (Phi) is 4.55. The average molecular weight is 296 g/mol. The lowest BCUT2D eigenvalue weighted by molar-refractivity contribution is -0.149. The molecule has 0 radical (unpaired) electrons. The molecule has 4 nitrogen and oxygen atoms in total. The third kappa shape index (κ3) is 3.04. The van der Waals surface area contributed by atoms with E-state index in [1.807, 2.05) is 6.92 Å². The number of benzene rings is 1. The summed E-state index contributed by atoms with van der Waals surface area (Å²) in [5, 5.41) is 2.59. The summed E-state index contributed by atoms with van der Waals surface area (Å²) in [4.78, 5) is 25.5. The summed E-state index contributed by atoms with van der Waals surface area (Å²) >= 11 is 0. The number of nitrogens with one attached hydrogen (secondary N) is 1. The predicted octanol–water partition coefficient (Wildman–Crippen LogP) is 1.98. The molecule has 0 aromatic heterocycles. The molecule has 1 aliphatic heterocycles. The smallest absolute Gasteiger partial charge is 0.245 e. The van der Waals surface area contributed by atoms with Gasteiger partial charge in [0.1, 0.15) is 23.7 Å². The van der Waals surface area contributed by atoms with Crippen molar-refractivity contribution in [1.29, 1.82) is 0 Å². The van der Waals surface area contributed by atoms with E-state index in [1.165, 1.54) is 11.0 Å². The molecule has 0 aliphatic carbocycles. The van der Waals surface area contributed by atoms with Crippen LogP contribution < -0.4 is 5.32 Å². The summed E-state index contributed by atoms with van der Waals surface area (Å²) < 4.78 is 27.5. The highest BCUT2D eigenvalue weighted by Gasteiger charge is 2.38. The van der Waals surface area contributed by atoms with Gasteiger partial charge in [-0.2, -0.15) is 0 Å². The van der Waals surface area contributed by atoms with Gasteiger partial charge in [-0.1, -0.05) is 19.4 Å². The summed E-state index contributed by atoms with van der Waals surface area (Å²) in [6, 6.07) is 2.19. The molecule has 1 fully saturated rings. The first-order valence-corrected chi connectivity index (χ1v) is 6.99. The lowest BCUT2D eigenvalue weighted by atomic mass is 10.0. The van der Waals surface area contributed by atoms with Crippen LogP contribution >= 0.6 is 0 Å².